The topological polar surface area (TPSA) is 59.8 Å². The molecule has 1 aromatic heterocycles. The van der Waals surface area contributed by atoms with E-state index >= 15 is 0 Å². The Morgan fingerprint density at radius 2 is 1.92 bits per heavy atom. The number of carbonyl (C=O) groups is 1. The summed E-state index contributed by atoms with van der Waals surface area (Å²) in [5.74, 6) is 0.164. The summed E-state index contributed by atoms with van der Waals surface area (Å²) in [5, 5.41) is 12.3. The number of carbonyl (C=O) groups excluding carboxylic acids is 1. The molecule has 0 radical (unpaired) electrons. The lowest BCUT2D eigenvalue weighted by molar-refractivity contribution is -0.113. The van der Waals surface area contributed by atoms with Gasteiger partial charge in [0.15, 0.2) is 5.16 Å². The first-order valence-corrected chi connectivity index (χ1v) is 9.47. The maximum atomic E-state index is 12.4. The fourth-order valence-electron chi connectivity index (χ4n) is 2.81. The van der Waals surface area contributed by atoms with E-state index in [2.05, 4.69) is 27.6 Å². The first kappa shape index (κ1) is 18.5. The number of hydrogen-bond acceptors (Lipinski definition) is 4. The van der Waals surface area contributed by atoms with Crippen LogP contribution in [-0.2, 0) is 4.79 Å². The van der Waals surface area contributed by atoms with Crippen LogP contribution in [0.4, 0.5) is 5.69 Å². The molecule has 134 valence electrons. The third kappa shape index (κ3) is 4.26. The van der Waals surface area contributed by atoms with Crippen LogP contribution in [0.15, 0.2) is 47.9 Å². The Labute approximate surface area is 161 Å². The zero-order valence-corrected chi connectivity index (χ0v) is 16.4. The van der Waals surface area contributed by atoms with E-state index in [0.29, 0.717) is 10.2 Å². The molecule has 0 aliphatic heterocycles. The minimum absolute atomic E-state index is 0.0781. The third-order valence-corrected chi connectivity index (χ3v) is 5.05. The van der Waals surface area contributed by atoms with Crippen molar-refractivity contribution < 1.29 is 4.79 Å². The van der Waals surface area contributed by atoms with Crippen molar-refractivity contribution in [1.29, 1.82) is 0 Å². The zero-order chi connectivity index (χ0) is 18.7. The number of hydrogen-bond donors (Lipinski definition) is 1. The molecule has 0 atom stereocenters. The number of benzene rings is 2. The van der Waals surface area contributed by atoms with Gasteiger partial charge >= 0.3 is 0 Å². The van der Waals surface area contributed by atoms with Crippen LogP contribution < -0.4 is 5.32 Å². The highest BCUT2D eigenvalue weighted by Crippen LogP contribution is 2.24. The van der Waals surface area contributed by atoms with Crippen LogP contribution in [0.2, 0.25) is 5.02 Å². The van der Waals surface area contributed by atoms with Gasteiger partial charge < -0.3 is 5.32 Å². The molecule has 3 aromatic rings. The maximum absolute atomic E-state index is 12.4. The van der Waals surface area contributed by atoms with E-state index in [1.807, 2.05) is 49.6 Å². The van der Waals surface area contributed by atoms with E-state index < -0.39 is 0 Å². The van der Waals surface area contributed by atoms with E-state index in [9.17, 15) is 4.79 Å². The summed E-state index contributed by atoms with van der Waals surface area (Å²) in [5.41, 5.74) is 5.03. The van der Waals surface area contributed by atoms with Crippen molar-refractivity contribution in [2.75, 3.05) is 11.1 Å². The van der Waals surface area contributed by atoms with Gasteiger partial charge in [0.25, 0.3) is 0 Å². The quantitative estimate of drug-likeness (QED) is 0.652. The number of nitrogens with zero attached hydrogens (tertiary/aromatic N) is 3. The largest absolute Gasteiger partial charge is 0.325 e. The second kappa shape index (κ2) is 7.93. The average molecular weight is 387 g/mol. The molecule has 1 N–H and O–H groups in total. The minimum Gasteiger partial charge on any atom is -0.325 e. The van der Waals surface area contributed by atoms with Crippen LogP contribution in [0.3, 0.4) is 0 Å². The van der Waals surface area contributed by atoms with Gasteiger partial charge in [-0.05, 0) is 50.1 Å². The SMILES string of the molecule is Cc1cc(C)c(NC(=O)CSc2nncn2-c2cccc(Cl)c2)c(C)c1. The Balaban J connectivity index is 1.69. The number of aromatic nitrogens is 3. The molecule has 1 amide bonds. The van der Waals surface area contributed by atoms with Gasteiger partial charge in [0, 0.05) is 10.7 Å². The number of aryl methyl sites for hydroxylation is 3. The molecule has 2 aromatic carbocycles. The number of anilines is 1. The second-order valence-corrected chi connectivity index (χ2v) is 7.45. The van der Waals surface area contributed by atoms with Gasteiger partial charge in [0.1, 0.15) is 6.33 Å². The predicted molar refractivity (Wildman–Crippen MR) is 106 cm³/mol. The van der Waals surface area contributed by atoms with Gasteiger partial charge in [-0.3, -0.25) is 9.36 Å². The monoisotopic (exact) mass is 386 g/mol. The Morgan fingerprint density at radius 3 is 2.62 bits per heavy atom. The van der Waals surface area contributed by atoms with Crippen molar-refractivity contribution in [2.24, 2.45) is 0 Å². The van der Waals surface area contributed by atoms with Crippen molar-refractivity contribution in [2.45, 2.75) is 25.9 Å². The molecule has 0 fully saturated rings. The summed E-state index contributed by atoms with van der Waals surface area (Å²) in [7, 11) is 0. The van der Waals surface area contributed by atoms with Gasteiger partial charge in [0.05, 0.1) is 11.4 Å². The van der Waals surface area contributed by atoms with Crippen molar-refractivity contribution in [3.63, 3.8) is 0 Å². The number of nitrogens with one attached hydrogen (secondary N) is 1. The number of rotatable bonds is 5. The van der Waals surface area contributed by atoms with Crippen LogP contribution in [0, 0.1) is 20.8 Å². The Bertz CT molecular complexity index is 931. The van der Waals surface area contributed by atoms with E-state index in [4.69, 9.17) is 11.6 Å². The fraction of sp³-hybridized carbons (Fsp3) is 0.211. The molecule has 3 rings (SSSR count). The predicted octanol–water partition coefficient (Wildman–Crippen LogP) is 4.58. The Kier molecular flexibility index (Phi) is 5.64. The summed E-state index contributed by atoms with van der Waals surface area (Å²) >= 11 is 7.38. The van der Waals surface area contributed by atoms with Crippen LogP contribution in [-0.4, -0.2) is 26.4 Å². The molecule has 0 unspecified atom stereocenters. The molecule has 7 heteroatoms. The molecule has 0 bridgehead atoms. The Morgan fingerprint density at radius 1 is 1.19 bits per heavy atom. The first-order chi connectivity index (χ1) is 12.4. The van der Waals surface area contributed by atoms with Gasteiger partial charge in [-0.1, -0.05) is 47.1 Å². The van der Waals surface area contributed by atoms with Crippen molar-refractivity contribution in [1.82, 2.24) is 14.8 Å². The molecule has 26 heavy (non-hydrogen) atoms. The normalized spacial score (nSPS) is 10.8. The number of thioether (sulfide) groups is 1. The van der Waals surface area contributed by atoms with Crippen molar-refractivity contribution >= 4 is 35.0 Å². The lowest BCUT2D eigenvalue weighted by Gasteiger charge is -2.13. The highest BCUT2D eigenvalue weighted by Gasteiger charge is 2.12. The lowest BCUT2D eigenvalue weighted by atomic mass is 10.1. The summed E-state index contributed by atoms with van der Waals surface area (Å²) in [6, 6.07) is 11.5. The van der Waals surface area contributed by atoms with Crippen LogP contribution >= 0.6 is 23.4 Å². The van der Waals surface area contributed by atoms with Gasteiger partial charge in [-0.25, -0.2) is 0 Å². The van der Waals surface area contributed by atoms with Crippen molar-refractivity contribution in [3.8, 4) is 5.69 Å². The first-order valence-electron chi connectivity index (χ1n) is 8.10. The van der Waals surface area contributed by atoms with Gasteiger partial charge in [-0.15, -0.1) is 10.2 Å². The van der Waals surface area contributed by atoms with E-state index in [1.165, 1.54) is 17.3 Å². The molecule has 0 saturated heterocycles. The molecule has 0 saturated carbocycles. The highest BCUT2D eigenvalue weighted by atomic mass is 35.5. The van der Waals surface area contributed by atoms with E-state index in [0.717, 1.165) is 22.5 Å². The third-order valence-electron chi connectivity index (χ3n) is 3.88. The molecule has 1 heterocycles. The summed E-state index contributed by atoms with van der Waals surface area (Å²) in [6.45, 7) is 6.04. The van der Waals surface area contributed by atoms with E-state index in [-0.39, 0.29) is 11.7 Å². The smallest absolute Gasteiger partial charge is 0.234 e. The van der Waals surface area contributed by atoms with Crippen LogP contribution in [0.1, 0.15) is 16.7 Å². The highest BCUT2D eigenvalue weighted by molar-refractivity contribution is 7.99. The zero-order valence-electron chi connectivity index (χ0n) is 14.8. The van der Waals surface area contributed by atoms with Crippen molar-refractivity contribution in [3.05, 3.63) is 64.4 Å². The van der Waals surface area contributed by atoms with Crippen LogP contribution in [0.25, 0.3) is 5.69 Å². The molecular formula is C19H19ClN4OS. The number of halogens is 1. The lowest BCUT2D eigenvalue weighted by Crippen LogP contribution is -2.16. The average Bonchev–Trinajstić information content (AvgIpc) is 3.05. The molecular weight excluding hydrogens is 368 g/mol. The molecule has 0 aliphatic rings. The molecule has 5 nitrogen and oxygen atoms in total. The second-order valence-electron chi connectivity index (χ2n) is 6.07. The summed E-state index contributed by atoms with van der Waals surface area (Å²) in [6.07, 6.45) is 1.61. The summed E-state index contributed by atoms with van der Waals surface area (Å²) < 4.78 is 1.81. The molecule has 0 aliphatic carbocycles. The van der Waals surface area contributed by atoms with Gasteiger partial charge in [-0.2, -0.15) is 0 Å². The van der Waals surface area contributed by atoms with Gasteiger partial charge in [0.2, 0.25) is 5.91 Å². The molecule has 0 spiro atoms. The van der Waals surface area contributed by atoms with E-state index in [1.54, 1.807) is 6.33 Å². The summed E-state index contributed by atoms with van der Waals surface area (Å²) in [4.78, 5) is 12.4. The fourth-order valence-corrected chi connectivity index (χ4v) is 3.72. The standard InChI is InChI=1S/C19H19ClN4OS/c1-12-7-13(2)18(14(3)8-12)22-17(25)10-26-19-23-21-11-24(19)16-6-4-5-15(20)9-16/h4-9,11H,10H2,1-3H3,(H,22,25). The van der Waals surface area contributed by atoms with Crippen LogP contribution in [0.5, 0.6) is 0 Å². The maximum Gasteiger partial charge on any atom is 0.234 e. The number of amides is 1. The minimum atomic E-state index is -0.0781. The Hall–Kier alpha value is -2.31.